The Balaban J connectivity index is 1.95. The van der Waals surface area contributed by atoms with Crippen molar-refractivity contribution >= 4 is 44.7 Å². The van der Waals surface area contributed by atoms with Crippen molar-refractivity contribution in [1.82, 2.24) is 9.97 Å². The molecule has 0 aliphatic heterocycles. The topological polar surface area (TPSA) is 49.8 Å². The second-order valence-corrected chi connectivity index (χ2v) is 6.63. The summed E-state index contributed by atoms with van der Waals surface area (Å²) in [4.78, 5) is 11.3. The number of fused-ring (bicyclic) bond motifs is 1. The minimum atomic E-state index is 0.656. The Kier molecular flexibility index (Phi) is 3.58. The van der Waals surface area contributed by atoms with Crippen molar-refractivity contribution in [2.45, 2.75) is 20.4 Å². The first-order valence-electron chi connectivity index (χ1n) is 6.39. The molecular formula is C14H16N4S2. The van der Waals surface area contributed by atoms with Gasteiger partial charge >= 0.3 is 0 Å². The lowest BCUT2D eigenvalue weighted by Crippen LogP contribution is -2.05. The van der Waals surface area contributed by atoms with Crippen LogP contribution in [0, 0.1) is 13.8 Å². The van der Waals surface area contributed by atoms with Gasteiger partial charge in [0.2, 0.25) is 5.95 Å². The van der Waals surface area contributed by atoms with Crippen LogP contribution in [0.3, 0.4) is 0 Å². The van der Waals surface area contributed by atoms with E-state index in [4.69, 9.17) is 0 Å². The van der Waals surface area contributed by atoms with Gasteiger partial charge in [-0.15, -0.1) is 11.3 Å². The molecule has 0 saturated heterocycles. The normalized spacial score (nSPS) is 10.9. The molecule has 0 atom stereocenters. The maximum atomic E-state index is 4.54. The number of hydrogen-bond acceptors (Lipinski definition) is 6. The average molecular weight is 304 g/mol. The minimum Gasteiger partial charge on any atom is -0.365 e. The maximum Gasteiger partial charge on any atom is 0.225 e. The summed E-state index contributed by atoms with van der Waals surface area (Å²) in [6.45, 7) is 5.02. The minimum absolute atomic E-state index is 0.656. The Labute approximate surface area is 125 Å². The lowest BCUT2D eigenvalue weighted by molar-refractivity contribution is 1.10. The summed E-state index contributed by atoms with van der Waals surface area (Å²) < 4.78 is 0. The van der Waals surface area contributed by atoms with Crippen molar-refractivity contribution in [2.75, 3.05) is 17.7 Å². The molecule has 0 aliphatic carbocycles. The molecule has 104 valence electrons. The Bertz CT molecular complexity index is 745. The predicted octanol–water partition coefficient (Wildman–Crippen LogP) is 4.02. The van der Waals surface area contributed by atoms with Gasteiger partial charge in [0.05, 0.1) is 5.39 Å². The zero-order valence-corrected chi connectivity index (χ0v) is 13.3. The highest BCUT2D eigenvalue weighted by molar-refractivity contribution is 7.18. The van der Waals surface area contributed by atoms with Gasteiger partial charge in [-0.1, -0.05) is 0 Å². The van der Waals surface area contributed by atoms with E-state index in [9.17, 15) is 0 Å². The molecule has 0 aliphatic rings. The Morgan fingerprint density at radius 2 is 2.05 bits per heavy atom. The number of nitrogens with one attached hydrogen (secondary N) is 2. The van der Waals surface area contributed by atoms with Gasteiger partial charge in [0, 0.05) is 18.5 Å². The highest BCUT2D eigenvalue weighted by Crippen LogP contribution is 2.30. The standard InChI is InChI=1S/C14H16N4S2/c1-8-6-19-7-10(8)5-16-12-11-4-9(2)20-13(11)18-14(15-3)17-12/h4,6-7H,5H2,1-3H3,(H2,15,16,17,18). The van der Waals surface area contributed by atoms with Crippen LogP contribution in [0.2, 0.25) is 0 Å². The van der Waals surface area contributed by atoms with Crippen molar-refractivity contribution in [2.24, 2.45) is 0 Å². The molecule has 0 radical (unpaired) electrons. The number of aryl methyl sites for hydroxylation is 2. The smallest absolute Gasteiger partial charge is 0.225 e. The van der Waals surface area contributed by atoms with E-state index in [1.54, 1.807) is 22.7 Å². The molecule has 0 amide bonds. The molecule has 3 aromatic rings. The summed E-state index contributed by atoms with van der Waals surface area (Å²) in [6, 6.07) is 2.14. The highest BCUT2D eigenvalue weighted by atomic mass is 32.1. The summed E-state index contributed by atoms with van der Waals surface area (Å²) in [5, 5.41) is 11.9. The first kappa shape index (κ1) is 13.3. The molecule has 0 aromatic carbocycles. The number of aromatic nitrogens is 2. The van der Waals surface area contributed by atoms with E-state index in [-0.39, 0.29) is 0 Å². The lowest BCUT2D eigenvalue weighted by atomic mass is 10.2. The van der Waals surface area contributed by atoms with E-state index >= 15 is 0 Å². The molecule has 3 aromatic heterocycles. The van der Waals surface area contributed by atoms with Gasteiger partial charge in [-0.3, -0.25) is 0 Å². The molecule has 2 N–H and O–H groups in total. The summed E-state index contributed by atoms with van der Waals surface area (Å²) in [7, 11) is 1.84. The third kappa shape index (κ3) is 2.48. The number of nitrogens with zero attached hydrogens (tertiary/aromatic N) is 2. The summed E-state index contributed by atoms with van der Waals surface area (Å²) in [5.41, 5.74) is 2.64. The van der Waals surface area contributed by atoms with Crippen LogP contribution in [0.5, 0.6) is 0 Å². The molecule has 0 unspecified atom stereocenters. The Morgan fingerprint density at radius 3 is 2.75 bits per heavy atom. The average Bonchev–Trinajstić information content (AvgIpc) is 3.00. The summed E-state index contributed by atoms with van der Waals surface area (Å²) in [6.07, 6.45) is 0. The van der Waals surface area contributed by atoms with E-state index in [1.807, 2.05) is 7.05 Å². The Morgan fingerprint density at radius 1 is 1.20 bits per heavy atom. The van der Waals surface area contributed by atoms with Crippen molar-refractivity contribution < 1.29 is 0 Å². The fourth-order valence-corrected chi connectivity index (χ4v) is 3.77. The van der Waals surface area contributed by atoms with Gasteiger partial charge in [-0.25, -0.2) is 4.98 Å². The lowest BCUT2D eigenvalue weighted by Gasteiger charge is -2.08. The fourth-order valence-electron chi connectivity index (χ4n) is 2.04. The molecule has 0 fully saturated rings. The largest absolute Gasteiger partial charge is 0.365 e. The number of thiophene rings is 2. The van der Waals surface area contributed by atoms with Gasteiger partial charge in [-0.05, 0) is 41.8 Å². The van der Waals surface area contributed by atoms with Gasteiger partial charge in [-0.2, -0.15) is 16.3 Å². The van der Waals surface area contributed by atoms with Crippen LogP contribution in [0.4, 0.5) is 11.8 Å². The number of rotatable bonds is 4. The quantitative estimate of drug-likeness (QED) is 0.764. The molecular weight excluding hydrogens is 288 g/mol. The van der Waals surface area contributed by atoms with E-state index in [0.717, 1.165) is 22.6 Å². The van der Waals surface area contributed by atoms with Gasteiger partial charge in [0.15, 0.2) is 0 Å². The van der Waals surface area contributed by atoms with Crippen molar-refractivity contribution in [1.29, 1.82) is 0 Å². The predicted molar refractivity (Wildman–Crippen MR) is 88.1 cm³/mol. The molecule has 0 saturated carbocycles. The zero-order valence-electron chi connectivity index (χ0n) is 11.7. The second kappa shape index (κ2) is 5.38. The van der Waals surface area contributed by atoms with Crippen LogP contribution in [-0.2, 0) is 6.54 Å². The van der Waals surface area contributed by atoms with Crippen LogP contribution < -0.4 is 10.6 Å². The summed E-state index contributed by atoms with van der Waals surface area (Å²) >= 11 is 3.43. The van der Waals surface area contributed by atoms with Crippen LogP contribution in [0.1, 0.15) is 16.0 Å². The van der Waals surface area contributed by atoms with Gasteiger partial charge in [0.1, 0.15) is 10.6 Å². The zero-order chi connectivity index (χ0) is 14.1. The van der Waals surface area contributed by atoms with Crippen LogP contribution in [0.15, 0.2) is 16.8 Å². The molecule has 0 spiro atoms. The first-order valence-corrected chi connectivity index (χ1v) is 8.15. The third-order valence-corrected chi connectivity index (χ3v) is 5.00. The number of hydrogen-bond donors (Lipinski definition) is 2. The van der Waals surface area contributed by atoms with Gasteiger partial charge < -0.3 is 10.6 Å². The second-order valence-electron chi connectivity index (χ2n) is 4.66. The third-order valence-electron chi connectivity index (χ3n) is 3.15. The first-order chi connectivity index (χ1) is 9.67. The fraction of sp³-hybridized carbons (Fsp3) is 0.286. The van der Waals surface area contributed by atoms with Crippen molar-refractivity contribution in [3.05, 3.63) is 32.8 Å². The van der Waals surface area contributed by atoms with Crippen molar-refractivity contribution in [3.8, 4) is 0 Å². The van der Waals surface area contributed by atoms with Crippen LogP contribution >= 0.6 is 22.7 Å². The Hall–Kier alpha value is -1.66. The summed E-state index contributed by atoms with van der Waals surface area (Å²) in [5.74, 6) is 1.55. The van der Waals surface area contributed by atoms with Gasteiger partial charge in [0.25, 0.3) is 0 Å². The van der Waals surface area contributed by atoms with E-state index in [1.165, 1.54) is 16.0 Å². The van der Waals surface area contributed by atoms with Crippen LogP contribution in [-0.4, -0.2) is 17.0 Å². The monoisotopic (exact) mass is 304 g/mol. The molecule has 20 heavy (non-hydrogen) atoms. The maximum absolute atomic E-state index is 4.54. The van der Waals surface area contributed by atoms with Crippen molar-refractivity contribution in [3.63, 3.8) is 0 Å². The van der Waals surface area contributed by atoms with E-state index in [2.05, 4.69) is 51.3 Å². The number of anilines is 2. The molecule has 0 bridgehead atoms. The van der Waals surface area contributed by atoms with Crippen LogP contribution in [0.25, 0.3) is 10.2 Å². The molecule has 3 rings (SSSR count). The highest BCUT2D eigenvalue weighted by Gasteiger charge is 2.10. The SMILES string of the molecule is CNc1nc(NCc2cscc2C)c2cc(C)sc2n1. The molecule has 3 heterocycles. The molecule has 4 nitrogen and oxygen atoms in total. The van der Waals surface area contributed by atoms with E-state index in [0.29, 0.717) is 5.95 Å². The molecule has 6 heteroatoms. The van der Waals surface area contributed by atoms with E-state index < -0.39 is 0 Å².